The average molecular weight is 272 g/mol. The van der Waals surface area contributed by atoms with E-state index in [0.29, 0.717) is 24.9 Å². The number of rotatable bonds is 2. The third kappa shape index (κ3) is 2.75. The summed E-state index contributed by atoms with van der Waals surface area (Å²) in [5.74, 6) is -0.303. The van der Waals surface area contributed by atoms with E-state index < -0.39 is 5.82 Å². The van der Waals surface area contributed by atoms with Crippen molar-refractivity contribution in [3.8, 4) is 5.75 Å². The molecule has 0 radical (unpaired) electrons. The molecule has 0 spiro atoms. The summed E-state index contributed by atoms with van der Waals surface area (Å²) in [5, 5.41) is 9.60. The fourth-order valence-electron chi connectivity index (χ4n) is 2.23. The molecule has 98 valence electrons. The van der Waals surface area contributed by atoms with Gasteiger partial charge in [0.15, 0.2) is 0 Å². The molecule has 1 aromatic carbocycles. The molecule has 1 heterocycles. The lowest BCUT2D eigenvalue weighted by Crippen LogP contribution is -2.40. The Balaban J connectivity index is 2.15. The molecule has 1 N–H and O–H groups in total. The summed E-state index contributed by atoms with van der Waals surface area (Å²) in [4.78, 5) is 13.9. The number of benzene rings is 1. The number of piperidine rings is 1. The molecule has 1 unspecified atom stereocenters. The SMILES string of the molecule is O=C(c1ccc(F)cc1O)N1CCCC(CCl)C1. The molecule has 1 aliphatic heterocycles. The molecular formula is C13H15ClFNO2. The average Bonchev–Trinajstić information content (AvgIpc) is 2.38. The Morgan fingerprint density at radius 3 is 3.00 bits per heavy atom. The molecule has 0 aliphatic carbocycles. The first-order valence-electron chi connectivity index (χ1n) is 5.95. The van der Waals surface area contributed by atoms with Crippen molar-refractivity contribution in [3.63, 3.8) is 0 Å². The van der Waals surface area contributed by atoms with Crippen LogP contribution in [0.25, 0.3) is 0 Å². The first-order valence-corrected chi connectivity index (χ1v) is 6.49. The van der Waals surface area contributed by atoms with Crippen LogP contribution in [0.5, 0.6) is 5.75 Å². The predicted molar refractivity (Wildman–Crippen MR) is 67.4 cm³/mol. The number of aromatic hydroxyl groups is 1. The van der Waals surface area contributed by atoms with Crippen molar-refractivity contribution < 1.29 is 14.3 Å². The van der Waals surface area contributed by atoms with Crippen molar-refractivity contribution in [3.05, 3.63) is 29.6 Å². The fraction of sp³-hybridized carbons (Fsp3) is 0.462. The smallest absolute Gasteiger partial charge is 0.257 e. The maximum absolute atomic E-state index is 12.9. The maximum Gasteiger partial charge on any atom is 0.257 e. The molecule has 1 atom stereocenters. The second kappa shape index (κ2) is 5.57. The first-order chi connectivity index (χ1) is 8.61. The number of hydrogen-bond acceptors (Lipinski definition) is 2. The molecule has 0 aromatic heterocycles. The van der Waals surface area contributed by atoms with E-state index in [2.05, 4.69) is 0 Å². The van der Waals surface area contributed by atoms with Crippen molar-refractivity contribution in [2.75, 3.05) is 19.0 Å². The predicted octanol–water partition coefficient (Wildman–Crippen LogP) is 2.62. The van der Waals surface area contributed by atoms with E-state index in [1.807, 2.05) is 0 Å². The van der Waals surface area contributed by atoms with Gasteiger partial charge in [0, 0.05) is 25.0 Å². The maximum atomic E-state index is 12.9. The summed E-state index contributed by atoms with van der Waals surface area (Å²) in [7, 11) is 0. The Hall–Kier alpha value is -1.29. The van der Waals surface area contributed by atoms with Crippen LogP contribution < -0.4 is 0 Å². The van der Waals surface area contributed by atoms with Crippen LogP contribution >= 0.6 is 11.6 Å². The summed E-state index contributed by atoms with van der Waals surface area (Å²) in [6.07, 6.45) is 1.92. The first kappa shape index (κ1) is 13.1. The Kier molecular flexibility index (Phi) is 4.07. The standard InChI is InChI=1S/C13H15ClFNO2/c14-7-9-2-1-5-16(8-9)13(18)11-4-3-10(15)6-12(11)17/h3-4,6,9,17H,1-2,5,7-8H2. The zero-order valence-electron chi connectivity index (χ0n) is 9.90. The highest BCUT2D eigenvalue weighted by molar-refractivity contribution is 6.18. The van der Waals surface area contributed by atoms with Gasteiger partial charge in [0.25, 0.3) is 5.91 Å². The molecule has 1 saturated heterocycles. The summed E-state index contributed by atoms with van der Waals surface area (Å²) in [5.41, 5.74) is 0.145. The Bertz CT molecular complexity index is 453. The fourth-order valence-corrected chi connectivity index (χ4v) is 2.48. The highest BCUT2D eigenvalue weighted by Gasteiger charge is 2.25. The molecule has 1 aromatic rings. The number of hydrogen-bond donors (Lipinski definition) is 1. The number of nitrogens with zero attached hydrogens (tertiary/aromatic N) is 1. The van der Waals surface area contributed by atoms with Crippen molar-refractivity contribution in [2.24, 2.45) is 5.92 Å². The van der Waals surface area contributed by atoms with Crippen LogP contribution in [0.2, 0.25) is 0 Å². The molecule has 5 heteroatoms. The molecule has 0 saturated carbocycles. The minimum Gasteiger partial charge on any atom is -0.507 e. The molecule has 1 fully saturated rings. The highest BCUT2D eigenvalue weighted by Crippen LogP contribution is 2.24. The lowest BCUT2D eigenvalue weighted by molar-refractivity contribution is 0.0681. The van der Waals surface area contributed by atoms with Gasteiger partial charge >= 0.3 is 0 Å². The lowest BCUT2D eigenvalue weighted by atomic mass is 9.99. The van der Waals surface area contributed by atoms with Crippen LogP contribution in [0.3, 0.4) is 0 Å². The Morgan fingerprint density at radius 2 is 2.33 bits per heavy atom. The minimum atomic E-state index is -0.554. The van der Waals surface area contributed by atoms with Crippen molar-refractivity contribution in [1.29, 1.82) is 0 Å². The third-order valence-corrected chi connectivity index (χ3v) is 3.65. The number of likely N-dealkylation sites (tertiary alicyclic amines) is 1. The Labute approximate surface area is 110 Å². The van der Waals surface area contributed by atoms with Crippen molar-refractivity contribution >= 4 is 17.5 Å². The van der Waals surface area contributed by atoms with Crippen molar-refractivity contribution in [1.82, 2.24) is 4.90 Å². The van der Waals surface area contributed by atoms with Gasteiger partial charge in [-0.3, -0.25) is 4.79 Å². The summed E-state index contributed by atoms with van der Waals surface area (Å²) >= 11 is 5.81. The molecule has 1 amide bonds. The number of phenols is 1. The van der Waals surface area contributed by atoms with Crippen molar-refractivity contribution in [2.45, 2.75) is 12.8 Å². The number of carbonyl (C=O) groups excluding carboxylic acids is 1. The number of alkyl halides is 1. The zero-order valence-corrected chi connectivity index (χ0v) is 10.7. The van der Waals surface area contributed by atoms with Crippen LogP contribution in [0.1, 0.15) is 23.2 Å². The topological polar surface area (TPSA) is 40.5 Å². The summed E-state index contributed by atoms with van der Waals surface area (Å²) < 4.78 is 12.9. The molecule has 2 rings (SSSR count). The third-order valence-electron chi connectivity index (χ3n) is 3.21. The van der Waals surface area contributed by atoms with Gasteiger partial charge in [-0.05, 0) is 30.9 Å². The van der Waals surface area contributed by atoms with E-state index in [0.717, 1.165) is 18.9 Å². The van der Waals surface area contributed by atoms with E-state index >= 15 is 0 Å². The number of amides is 1. The number of halogens is 2. The van der Waals surface area contributed by atoms with E-state index in [-0.39, 0.29) is 17.2 Å². The van der Waals surface area contributed by atoms with Gasteiger partial charge in [0.2, 0.25) is 0 Å². The van der Waals surface area contributed by atoms with Crippen LogP contribution in [-0.4, -0.2) is 34.9 Å². The minimum absolute atomic E-state index is 0.145. The van der Waals surface area contributed by atoms with Crippen LogP contribution in [0.4, 0.5) is 4.39 Å². The largest absolute Gasteiger partial charge is 0.507 e. The molecule has 1 aliphatic rings. The van der Waals surface area contributed by atoms with Gasteiger partial charge in [-0.15, -0.1) is 11.6 Å². The van der Waals surface area contributed by atoms with Gasteiger partial charge < -0.3 is 10.0 Å². The van der Waals surface area contributed by atoms with Crippen LogP contribution in [0, 0.1) is 11.7 Å². The monoisotopic (exact) mass is 271 g/mol. The quantitative estimate of drug-likeness (QED) is 0.840. The van der Waals surface area contributed by atoms with Crippen LogP contribution in [0.15, 0.2) is 18.2 Å². The second-order valence-electron chi connectivity index (χ2n) is 4.58. The van der Waals surface area contributed by atoms with E-state index in [1.54, 1.807) is 4.90 Å². The van der Waals surface area contributed by atoms with Gasteiger partial charge in [-0.25, -0.2) is 4.39 Å². The van der Waals surface area contributed by atoms with Gasteiger partial charge in [-0.2, -0.15) is 0 Å². The Morgan fingerprint density at radius 1 is 1.56 bits per heavy atom. The molecule has 3 nitrogen and oxygen atoms in total. The second-order valence-corrected chi connectivity index (χ2v) is 4.88. The highest BCUT2D eigenvalue weighted by atomic mass is 35.5. The van der Waals surface area contributed by atoms with Gasteiger partial charge in [-0.1, -0.05) is 0 Å². The number of phenolic OH excluding ortho intramolecular Hbond substituents is 1. The lowest BCUT2D eigenvalue weighted by Gasteiger charge is -2.32. The summed E-state index contributed by atoms with van der Waals surface area (Å²) in [6.45, 7) is 1.25. The van der Waals surface area contributed by atoms with Gasteiger partial charge in [0.05, 0.1) is 5.56 Å². The zero-order chi connectivity index (χ0) is 13.1. The van der Waals surface area contributed by atoms with Crippen LogP contribution in [-0.2, 0) is 0 Å². The molecular weight excluding hydrogens is 257 g/mol. The van der Waals surface area contributed by atoms with E-state index in [1.165, 1.54) is 12.1 Å². The van der Waals surface area contributed by atoms with E-state index in [9.17, 15) is 14.3 Å². The van der Waals surface area contributed by atoms with E-state index in [4.69, 9.17) is 11.6 Å². The summed E-state index contributed by atoms with van der Waals surface area (Å²) in [6, 6.07) is 3.45. The molecule has 18 heavy (non-hydrogen) atoms. The van der Waals surface area contributed by atoms with Gasteiger partial charge in [0.1, 0.15) is 11.6 Å². The number of carbonyl (C=O) groups is 1. The normalized spacial score (nSPS) is 19.9. The molecule has 0 bridgehead atoms.